The molecular weight excluding hydrogens is 242 g/mol. The molecule has 0 aromatic carbocycles. The molecule has 2 aliphatic heterocycles. The van der Waals surface area contributed by atoms with E-state index in [1.807, 2.05) is 4.90 Å². The second kappa shape index (κ2) is 7.82. The molecule has 0 aromatic heterocycles. The molecule has 110 valence electrons. The summed E-state index contributed by atoms with van der Waals surface area (Å²) in [6, 6.07) is 0. The molecule has 0 saturated carbocycles. The second-order valence-electron chi connectivity index (χ2n) is 5.62. The number of piperazine rings is 1. The van der Waals surface area contributed by atoms with E-state index >= 15 is 0 Å². The quantitative estimate of drug-likeness (QED) is 0.772. The van der Waals surface area contributed by atoms with Gasteiger partial charge in [0.05, 0.1) is 13.0 Å². The van der Waals surface area contributed by atoms with Crippen LogP contribution >= 0.6 is 0 Å². The molecule has 5 heteroatoms. The van der Waals surface area contributed by atoms with E-state index in [4.69, 9.17) is 4.74 Å². The second-order valence-corrected chi connectivity index (χ2v) is 5.62. The lowest BCUT2D eigenvalue weighted by Crippen LogP contribution is -2.50. The highest BCUT2D eigenvalue weighted by Gasteiger charge is 2.23. The molecule has 0 unspecified atom stereocenters. The van der Waals surface area contributed by atoms with E-state index in [9.17, 15) is 4.79 Å². The summed E-state index contributed by atoms with van der Waals surface area (Å²) in [7, 11) is 1.64. The van der Waals surface area contributed by atoms with E-state index in [1.54, 1.807) is 7.11 Å². The summed E-state index contributed by atoms with van der Waals surface area (Å²) >= 11 is 0. The summed E-state index contributed by atoms with van der Waals surface area (Å²) in [6.45, 7) is 7.91. The van der Waals surface area contributed by atoms with Crippen molar-refractivity contribution < 1.29 is 9.53 Å². The van der Waals surface area contributed by atoms with Crippen molar-refractivity contribution in [3.8, 4) is 0 Å². The Balaban J connectivity index is 1.65. The van der Waals surface area contributed by atoms with E-state index in [0.29, 0.717) is 13.0 Å². The van der Waals surface area contributed by atoms with Crippen LogP contribution in [0.1, 0.15) is 19.3 Å². The zero-order valence-electron chi connectivity index (χ0n) is 12.1. The van der Waals surface area contributed by atoms with Gasteiger partial charge in [-0.15, -0.1) is 0 Å². The lowest BCUT2D eigenvalue weighted by molar-refractivity contribution is -0.133. The van der Waals surface area contributed by atoms with E-state index < -0.39 is 0 Å². The van der Waals surface area contributed by atoms with Crippen LogP contribution in [0.15, 0.2) is 0 Å². The molecule has 0 spiro atoms. The van der Waals surface area contributed by atoms with Gasteiger partial charge in [-0.2, -0.15) is 0 Å². The van der Waals surface area contributed by atoms with Gasteiger partial charge in [0.15, 0.2) is 0 Å². The van der Waals surface area contributed by atoms with Crippen LogP contribution in [-0.2, 0) is 9.53 Å². The molecule has 0 atom stereocenters. The summed E-state index contributed by atoms with van der Waals surface area (Å²) < 4.78 is 4.96. The molecule has 2 heterocycles. The molecule has 5 nitrogen and oxygen atoms in total. The van der Waals surface area contributed by atoms with Crippen molar-refractivity contribution in [1.82, 2.24) is 15.1 Å². The largest absolute Gasteiger partial charge is 0.384 e. The Labute approximate surface area is 116 Å². The summed E-state index contributed by atoms with van der Waals surface area (Å²) in [5.74, 6) is 1.08. The Bertz CT molecular complexity index is 272. The van der Waals surface area contributed by atoms with Crippen LogP contribution in [0.4, 0.5) is 0 Å². The van der Waals surface area contributed by atoms with Gasteiger partial charge < -0.3 is 15.0 Å². The topological polar surface area (TPSA) is 44.8 Å². The summed E-state index contributed by atoms with van der Waals surface area (Å²) in [5.41, 5.74) is 0. The fraction of sp³-hybridized carbons (Fsp3) is 0.929. The number of piperidine rings is 1. The van der Waals surface area contributed by atoms with Crippen LogP contribution in [0.25, 0.3) is 0 Å². The van der Waals surface area contributed by atoms with Gasteiger partial charge in [-0.1, -0.05) is 0 Å². The Morgan fingerprint density at radius 1 is 1.21 bits per heavy atom. The predicted octanol–water partition coefficient (Wildman–Crippen LogP) is 0.167. The lowest BCUT2D eigenvalue weighted by atomic mass is 9.97. The summed E-state index contributed by atoms with van der Waals surface area (Å²) in [5, 5.41) is 3.41. The fourth-order valence-electron chi connectivity index (χ4n) is 2.96. The molecular formula is C14H27N3O2. The Hall–Kier alpha value is -0.650. The lowest BCUT2D eigenvalue weighted by Gasteiger charge is -2.37. The van der Waals surface area contributed by atoms with Crippen LogP contribution in [0.5, 0.6) is 0 Å². The molecule has 0 aromatic rings. The van der Waals surface area contributed by atoms with Crippen LogP contribution in [-0.4, -0.2) is 75.2 Å². The first-order chi connectivity index (χ1) is 9.29. The van der Waals surface area contributed by atoms with E-state index in [2.05, 4.69) is 10.2 Å². The average molecular weight is 269 g/mol. The maximum atomic E-state index is 11.9. The zero-order valence-corrected chi connectivity index (χ0v) is 12.1. The summed E-state index contributed by atoms with van der Waals surface area (Å²) in [4.78, 5) is 16.4. The van der Waals surface area contributed by atoms with Crippen molar-refractivity contribution >= 4 is 5.91 Å². The standard InChI is InChI=1S/C14H27N3O2/c1-19-11-4-14(18)17-9-7-16(8-10-17)12-13-2-5-15-6-3-13/h13,15H,2-12H2,1H3. The van der Waals surface area contributed by atoms with Gasteiger partial charge in [-0.25, -0.2) is 0 Å². The molecule has 0 aliphatic carbocycles. The van der Waals surface area contributed by atoms with Crippen LogP contribution in [0, 0.1) is 5.92 Å². The minimum absolute atomic E-state index is 0.239. The smallest absolute Gasteiger partial charge is 0.224 e. The highest BCUT2D eigenvalue weighted by atomic mass is 16.5. The van der Waals surface area contributed by atoms with Crippen LogP contribution < -0.4 is 5.32 Å². The SMILES string of the molecule is COCCC(=O)N1CCN(CC2CCNCC2)CC1. The number of nitrogens with one attached hydrogen (secondary N) is 1. The van der Waals surface area contributed by atoms with E-state index in [1.165, 1.54) is 32.5 Å². The normalized spacial score (nSPS) is 22.7. The Morgan fingerprint density at radius 2 is 1.89 bits per heavy atom. The van der Waals surface area contributed by atoms with Crippen molar-refractivity contribution in [2.45, 2.75) is 19.3 Å². The highest BCUT2D eigenvalue weighted by Crippen LogP contribution is 2.15. The monoisotopic (exact) mass is 269 g/mol. The molecule has 2 aliphatic rings. The van der Waals surface area contributed by atoms with Crippen molar-refractivity contribution in [2.24, 2.45) is 5.92 Å². The molecule has 1 amide bonds. The van der Waals surface area contributed by atoms with Gasteiger partial charge in [0.25, 0.3) is 0 Å². The van der Waals surface area contributed by atoms with Gasteiger partial charge in [-0.05, 0) is 31.8 Å². The molecule has 19 heavy (non-hydrogen) atoms. The van der Waals surface area contributed by atoms with Gasteiger partial charge in [0, 0.05) is 39.8 Å². The molecule has 2 saturated heterocycles. The molecule has 0 radical (unpaired) electrons. The first kappa shape index (κ1) is 14.8. The molecule has 1 N–H and O–H groups in total. The predicted molar refractivity (Wildman–Crippen MR) is 75.1 cm³/mol. The Kier molecular flexibility index (Phi) is 6.07. The summed E-state index contributed by atoms with van der Waals surface area (Å²) in [6.07, 6.45) is 3.12. The number of hydrogen-bond acceptors (Lipinski definition) is 4. The number of hydrogen-bond donors (Lipinski definition) is 1. The van der Waals surface area contributed by atoms with Crippen LogP contribution in [0.3, 0.4) is 0 Å². The van der Waals surface area contributed by atoms with Crippen LogP contribution in [0.2, 0.25) is 0 Å². The number of methoxy groups -OCH3 is 1. The molecule has 2 fully saturated rings. The third-order valence-electron chi connectivity index (χ3n) is 4.22. The number of ether oxygens (including phenoxy) is 1. The number of carbonyl (C=O) groups excluding carboxylic acids is 1. The molecule has 0 bridgehead atoms. The van der Waals surface area contributed by atoms with Crippen molar-refractivity contribution in [1.29, 1.82) is 0 Å². The van der Waals surface area contributed by atoms with Crippen molar-refractivity contribution in [2.75, 3.05) is 59.5 Å². The maximum Gasteiger partial charge on any atom is 0.224 e. The Morgan fingerprint density at radius 3 is 2.53 bits per heavy atom. The third kappa shape index (κ3) is 4.75. The average Bonchev–Trinajstić information content (AvgIpc) is 2.46. The maximum absolute atomic E-state index is 11.9. The van der Waals surface area contributed by atoms with Crippen molar-refractivity contribution in [3.05, 3.63) is 0 Å². The minimum atomic E-state index is 0.239. The minimum Gasteiger partial charge on any atom is -0.384 e. The number of rotatable bonds is 5. The zero-order chi connectivity index (χ0) is 13.5. The first-order valence-corrected chi connectivity index (χ1v) is 7.49. The number of nitrogens with zero attached hydrogens (tertiary/aromatic N) is 2. The van der Waals surface area contributed by atoms with E-state index in [-0.39, 0.29) is 5.91 Å². The number of carbonyl (C=O) groups is 1. The first-order valence-electron chi connectivity index (χ1n) is 7.49. The molecule has 2 rings (SSSR count). The van der Waals surface area contributed by atoms with E-state index in [0.717, 1.165) is 32.1 Å². The fourth-order valence-corrected chi connectivity index (χ4v) is 2.96. The highest BCUT2D eigenvalue weighted by molar-refractivity contribution is 5.76. The van der Waals surface area contributed by atoms with Gasteiger partial charge >= 0.3 is 0 Å². The van der Waals surface area contributed by atoms with Gasteiger partial charge in [0.1, 0.15) is 0 Å². The van der Waals surface area contributed by atoms with Gasteiger partial charge in [0.2, 0.25) is 5.91 Å². The third-order valence-corrected chi connectivity index (χ3v) is 4.22. The van der Waals surface area contributed by atoms with Gasteiger partial charge in [-0.3, -0.25) is 9.69 Å². The number of amides is 1. The van der Waals surface area contributed by atoms with Crippen molar-refractivity contribution in [3.63, 3.8) is 0 Å².